The van der Waals surface area contributed by atoms with Crippen molar-refractivity contribution in [3.05, 3.63) is 47.8 Å². The standard InChI is InChI=1S/C14H17N3O2S/c15-13-2-1-3-14-12(13)8-9-17(14)10-4-6-11(7-5-10)20(16,18)19/h4-9,13H,1-3,15H2,(H2,16,18,19). The second-order valence-electron chi connectivity index (χ2n) is 5.13. The molecule has 0 saturated carbocycles. The van der Waals surface area contributed by atoms with Crippen molar-refractivity contribution >= 4 is 10.0 Å². The lowest BCUT2D eigenvalue weighted by molar-refractivity contribution is 0.560. The zero-order valence-electron chi connectivity index (χ0n) is 11.0. The Labute approximate surface area is 118 Å². The van der Waals surface area contributed by atoms with Crippen LogP contribution in [0.1, 0.15) is 30.1 Å². The van der Waals surface area contributed by atoms with Crippen LogP contribution in [0.4, 0.5) is 0 Å². The first kappa shape index (κ1) is 13.4. The molecule has 0 amide bonds. The zero-order chi connectivity index (χ0) is 14.3. The van der Waals surface area contributed by atoms with Gasteiger partial charge in [0.15, 0.2) is 0 Å². The van der Waals surface area contributed by atoms with Gasteiger partial charge in [0, 0.05) is 23.6 Å². The molecule has 6 heteroatoms. The lowest BCUT2D eigenvalue weighted by Crippen LogP contribution is -2.17. The number of hydrogen-bond acceptors (Lipinski definition) is 3. The molecule has 0 aliphatic heterocycles. The van der Waals surface area contributed by atoms with E-state index in [2.05, 4.69) is 4.57 Å². The van der Waals surface area contributed by atoms with E-state index in [1.807, 2.05) is 12.3 Å². The molecule has 106 valence electrons. The van der Waals surface area contributed by atoms with E-state index in [1.165, 1.54) is 23.4 Å². The number of rotatable bonds is 2. The molecule has 1 aromatic heterocycles. The molecule has 2 aromatic rings. The number of benzene rings is 1. The van der Waals surface area contributed by atoms with E-state index in [9.17, 15) is 8.42 Å². The maximum absolute atomic E-state index is 11.3. The van der Waals surface area contributed by atoms with E-state index in [0.29, 0.717) is 0 Å². The Hall–Kier alpha value is -1.63. The van der Waals surface area contributed by atoms with Gasteiger partial charge in [-0.05, 0) is 55.2 Å². The first-order valence-corrected chi connectivity index (χ1v) is 8.10. The first-order valence-electron chi connectivity index (χ1n) is 6.56. The third-order valence-electron chi connectivity index (χ3n) is 3.80. The number of sulfonamides is 1. The Kier molecular flexibility index (Phi) is 3.16. The molecule has 0 bridgehead atoms. The van der Waals surface area contributed by atoms with Crippen LogP contribution in [0.25, 0.3) is 5.69 Å². The topological polar surface area (TPSA) is 91.1 Å². The SMILES string of the molecule is NC1CCCc2c1ccn2-c1ccc(S(N)(=O)=O)cc1. The van der Waals surface area contributed by atoms with Crippen molar-refractivity contribution in [3.8, 4) is 5.69 Å². The van der Waals surface area contributed by atoms with Gasteiger partial charge in [-0.15, -0.1) is 0 Å². The highest BCUT2D eigenvalue weighted by molar-refractivity contribution is 7.89. The summed E-state index contributed by atoms with van der Waals surface area (Å²) in [6.07, 6.45) is 5.07. The molecule has 1 aliphatic carbocycles. The fourth-order valence-corrected chi connectivity index (χ4v) is 3.28. The van der Waals surface area contributed by atoms with Crippen molar-refractivity contribution in [1.82, 2.24) is 4.57 Å². The number of fused-ring (bicyclic) bond motifs is 1. The second kappa shape index (κ2) is 4.73. The summed E-state index contributed by atoms with van der Waals surface area (Å²) in [5.74, 6) is 0. The van der Waals surface area contributed by atoms with Gasteiger partial charge in [0.05, 0.1) is 4.90 Å². The summed E-state index contributed by atoms with van der Waals surface area (Å²) in [5, 5.41) is 5.10. The summed E-state index contributed by atoms with van der Waals surface area (Å²) in [5.41, 5.74) is 9.44. The van der Waals surface area contributed by atoms with E-state index < -0.39 is 10.0 Å². The highest BCUT2D eigenvalue weighted by Crippen LogP contribution is 2.30. The normalized spacial score (nSPS) is 18.8. The third-order valence-corrected chi connectivity index (χ3v) is 4.73. The number of aromatic nitrogens is 1. The van der Waals surface area contributed by atoms with Crippen LogP contribution in [0, 0.1) is 0 Å². The maximum atomic E-state index is 11.3. The Bertz CT molecular complexity index is 732. The summed E-state index contributed by atoms with van der Waals surface area (Å²) in [7, 11) is -3.64. The lowest BCUT2D eigenvalue weighted by Gasteiger charge is -2.21. The van der Waals surface area contributed by atoms with E-state index in [4.69, 9.17) is 10.9 Å². The van der Waals surface area contributed by atoms with Crippen molar-refractivity contribution in [1.29, 1.82) is 0 Å². The summed E-state index contributed by atoms with van der Waals surface area (Å²) in [6, 6.07) is 8.73. The molecule has 5 nitrogen and oxygen atoms in total. The predicted octanol–water partition coefficient (Wildman–Crippen LogP) is 1.46. The van der Waals surface area contributed by atoms with Crippen LogP contribution in [0.3, 0.4) is 0 Å². The van der Waals surface area contributed by atoms with Crippen LogP contribution >= 0.6 is 0 Å². The van der Waals surface area contributed by atoms with Gasteiger partial charge in [0.2, 0.25) is 10.0 Å². The van der Waals surface area contributed by atoms with E-state index in [1.54, 1.807) is 12.1 Å². The van der Waals surface area contributed by atoms with E-state index >= 15 is 0 Å². The Morgan fingerprint density at radius 3 is 2.50 bits per heavy atom. The van der Waals surface area contributed by atoms with Gasteiger partial charge >= 0.3 is 0 Å². The average Bonchev–Trinajstić information content (AvgIpc) is 2.83. The van der Waals surface area contributed by atoms with Crippen molar-refractivity contribution < 1.29 is 8.42 Å². The van der Waals surface area contributed by atoms with Crippen LogP contribution in [0.15, 0.2) is 41.4 Å². The maximum Gasteiger partial charge on any atom is 0.238 e. The third kappa shape index (κ3) is 2.26. The lowest BCUT2D eigenvalue weighted by atomic mass is 9.93. The quantitative estimate of drug-likeness (QED) is 0.877. The monoisotopic (exact) mass is 291 g/mol. The van der Waals surface area contributed by atoms with Gasteiger partial charge in [-0.25, -0.2) is 13.6 Å². The van der Waals surface area contributed by atoms with Gasteiger partial charge in [0.1, 0.15) is 0 Å². The summed E-state index contributed by atoms with van der Waals surface area (Å²) in [6.45, 7) is 0. The molecule has 4 N–H and O–H groups in total. The number of nitrogens with two attached hydrogens (primary N) is 2. The molecule has 3 rings (SSSR count). The molecule has 1 heterocycles. The molecule has 0 saturated heterocycles. The minimum Gasteiger partial charge on any atom is -0.324 e. The molecular formula is C14H17N3O2S. The predicted molar refractivity (Wildman–Crippen MR) is 77.0 cm³/mol. The number of hydrogen-bond donors (Lipinski definition) is 2. The van der Waals surface area contributed by atoms with Gasteiger partial charge in [0.25, 0.3) is 0 Å². The van der Waals surface area contributed by atoms with Crippen LogP contribution < -0.4 is 10.9 Å². The smallest absolute Gasteiger partial charge is 0.238 e. The van der Waals surface area contributed by atoms with Gasteiger partial charge < -0.3 is 10.3 Å². The van der Waals surface area contributed by atoms with Gasteiger partial charge in [-0.2, -0.15) is 0 Å². The molecule has 20 heavy (non-hydrogen) atoms. The molecule has 0 spiro atoms. The molecule has 1 aliphatic rings. The Balaban J connectivity index is 2.02. The van der Waals surface area contributed by atoms with E-state index in [0.717, 1.165) is 24.9 Å². The summed E-state index contributed by atoms with van der Waals surface area (Å²) >= 11 is 0. The highest BCUT2D eigenvalue weighted by Gasteiger charge is 2.20. The fourth-order valence-electron chi connectivity index (χ4n) is 2.77. The summed E-state index contributed by atoms with van der Waals surface area (Å²) in [4.78, 5) is 0.124. The number of nitrogens with zero attached hydrogens (tertiary/aromatic N) is 1. The van der Waals surface area contributed by atoms with Crippen molar-refractivity contribution in [2.45, 2.75) is 30.2 Å². The minimum atomic E-state index is -3.64. The molecule has 0 fully saturated rings. The van der Waals surface area contributed by atoms with Crippen LogP contribution in [0.2, 0.25) is 0 Å². The van der Waals surface area contributed by atoms with Crippen molar-refractivity contribution in [2.75, 3.05) is 0 Å². The first-order chi connectivity index (χ1) is 9.47. The number of primary sulfonamides is 1. The van der Waals surface area contributed by atoms with Gasteiger partial charge in [-0.1, -0.05) is 0 Å². The van der Waals surface area contributed by atoms with Crippen molar-refractivity contribution in [2.24, 2.45) is 10.9 Å². The molecule has 1 unspecified atom stereocenters. The summed E-state index contributed by atoms with van der Waals surface area (Å²) < 4.78 is 24.6. The van der Waals surface area contributed by atoms with Crippen LogP contribution in [0.5, 0.6) is 0 Å². The molecule has 1 atom stereocenters. The minimum absolute atomic E-state index is 0.101. The van der Waals surface area contributed by atoms with Crippen molar-refractivity contribution in [3.63, 3.8) is 0 Å². The fraction of sp³-hybridized carbons (Fsp3) is 0.286. The second-order valence-corrected chi connectivity index (χ2v) is 6.69. The average molecular weight is 291 g/mol. The van der Waals surface area contributed by atoms with Crippen LogP contribution in [-0.2, 0) is 16.4 Å². The Morgan fingerprint density at radius 1 is 1.15 bits per heavy atom. The highest BCUT2D eigenvalue weighted by atomic mass is 32.2. The van der Waals surface area contributed by atoms with Crippen LogP contribution in [-0.4, -0.2) is 13.0 Å². The largest absolute Gasteiger partial charge is 0.324 e. The molecule has 1 aromatic carbocycles. The van der Waals surface area contributed by atoms with E-state index in [-0.39, 0.29) is 10.9 Å². The Morgan fingerprint density at radius 2 is 1.85 bits per heavy atom. The molecule has 0 radical (unpaired) electrons. The van der Waals surface area contributed by atoms with Gasteiger partial charge in [-0.3, -0.25) is 0 Å². The molecular weight excluding hydrogens is 274 g/mol. The zero-order valence-corrected chi connectivity index (χ0v) is 11.8.